The van der Waals surface area contributed by atoms with E-state index in [1.807, 2.05) is 27.7 Å². The molecule has 24 aliphatic rings. The predicted molar refractivity (Wildman–Crippen MR) is 480 cm³/mol. The fourth-order valence-corrected chi connectivity index (χ4v) is 33.4. The second-order valence-corrected chi connectivity index (χ2v) is 48.5. The highest BCUT2D eigenvalue weighted by Crippen LogP contribution is 2.73. The topological polar surface area (TPSA) is 477 Å². The summed E-state index contributed by atoms with van der Waals surface area (Å²) in [6.07, 6.45) is 27.8. The Kier molecular flexibility index (Phi) is 28.1. The molecule has 750 valence electrons. The number of rotatable bonds is 26. The zero-order chi connectivity index (χ0) is 99.4. The standard InChI is InChI=1S/2C18H26O5.C17H24O6.2C17H24O5.C16H22O6/c1-12(2)14(20)22-5-13(19)23-18-9-15(3)6-16(4,10-18)8-17(21,7-15)11-18;1-3-15(19)22-6-4-5-16(20)23-18-10-13-7-14(11-18)9-17(21,8-13)12(18)2;1-11(2)13(19)22-4-12(18)23-17-7-14(3)5-15(20,9-17)8-16(21,6-14)10-17;1-10(2)15(19)21-9-14(18)22-17-7-12-4-13(8-17)6-16(20,5-12)11(17)3;1-4-12(18)21-5-13(19)22-17-9-14(2)6-15(3,10-17)8-16(20,7-14)11-17;1-3-11(17)21-4-12(18)22-16-7-13(2)5-14(19,9-16)8-15(20,6-13)10-16/h21H,1,5-11H2,2-4H3;3,12-14,21H,1,4-11H2,2H3;20-21H,1,4-10H2,2-3H3;11-13,20H,1,4-9H2,2-3H3;4,20H,1,5-11H2,2-3H3;3,19-20H,1,4-10H2,2H3. The van der Waals surface area contributed by atoms with Crippen molar-refractivity contribution in [2.75, 3.05) is 39.6 Å². The van der Waals surface area contributed by atoms with E-state index in [1.165, 1.54) is 20.8 Å². The van der Waals surface area contributed by atoms with Gasteiger partial charge in [0, 0.05) is 105 Å². The van der Waals surface area contributed by atoms with Crippen molar-refractivity contribution in [1.82, 2.24) is 0 Å². The van der Waals surface area contributed by atoms with Crippen LogP contribution in [-0.2, 0) is 114 Å². The molecule has 0 aliphatic heterocycles. The summed E-state index contributed by atoms with van der Waals surface area (Å²) < 4.78 is 63.2. The Balaban J connectivity index is 0.000000137. The molecule has 0 heterocycles. The molecule has 24 aliphatic carbocycles. The first-order valence-electron chi connectivity index (χ1n) is 48.2. The van der Waals surface area contributed by atoms with E-state index in [2.05, 4.69) is 71.9 Å². The molecular weight excluding hydrogens is 1750 g/mol. The molecule has 14 atom stereocenters. The SMILES string of the molecule is C=C(C)C(=O)OCC(=O)OC12CC3(C)CC(C)(CC(O)(C3)C1)C2.C=C(C)C(=O)OCC(=O)OC12CC3(C)CC(O)(CC(O)(C3)C1)C2.C=C(C)C(=O)OCC(=O)OC12CC3CC(CC(O)(C3)C1C)C2.C=CC(=O)OCC(=O)OC12CC3(C)CC(C)(CC(O)(C3)C1)C2.C=CC(=O)OCC(=O)OC12CC3(C)CC(O)(CC(O)(C3)C1)C2.C=CC(=O)OCCCC(=O)OC12CC3CC(CC(O)(C3)C1C)C2. The summed E-state index contributed by atoms with van der Waals surface area (Å²) in [5, 5.41) is 86.5. The third kappa shape index (κ3) is 23.3. The van der Waals surface area contributed by atoms with Gasteiger partial charge in [0.25, 0.3) is 0 Å². The summed E-state index contributed by atoms with van der Waals surface area (Å²) in [6.45, 7) is 39.6. The van der Waals surface area contributed by atoms with Crippen molar-refractivity contribution in [2.45, 2.75) is 386 Å². The van der Waals surface area contributed by atoms with Crippen molar-refractivity contribution < 1.29 is 155 Å². The van der Waals surface area contributed by atoms with Crippen LogP contribution in [0.5, 0.6) is 0 Å². The van der Waals surface area contributed by atoms with Crippen LogP contribution in [0.3, 0.4) is 0 Å². The van der Waals surface area contributed by atoms with Gasteiger partial charge in [-0.05, 0) is 250 Å². The molecule has 32 heteroatoms. The van der Waals surface area contributed by atoms with Crippen molar-refractivity contribution >= 4 is 71.6 Å². The van der Waals surface area contributed by atoms with Gasteiger partial charge < -0.3 is 97.7 Å². The molecule has 24 saturated carbocycles. The number of ether oxygens (including phenoxy) is 12. The molecule has 0 aromatic rings. The van der Waals surface area contributed by atoms with Crippen LogP contribution >= 0.6 is 0 Å². The number of esters is 12. The van der Waals surface area contributed by atoms with Crippen LogP contribution in [0.4, 0.5) is 0 Å². The van der Waals surface area contributed by atoms with Crippen LogP contribution in [0.25, 0.3) is 0 Å². The number of hydrogen-bond donors (Lipinski definition) is 8. The second-order valence-electron chi connectivity index (χ2n) is 48.5. The molecule has 14 unspecified atom stereocenters. The van der Waals surface area contributed by atoms with Crippen LogP contribution in [-0.4, -0.2) is 231 Å². The van der Waals surface area contributed by atoms with Crippen molar-refractivity contribution in [3.8, 4) is 0 Å². The molecule has 24 rings (SSSR count). The highest BCUT2D eigenvalue weighted by Gasteiger charge is 2.73. The van der Waals surface area contributed by atoms with Gasteiger partial charge in [0.15, 0.2) is 33.0 Å². The Morgan fingerprint density at radius 2 is 0.511 bits per heavy atom. The molecule has 0 saturated heterocycles. The van der Waals surface area contributed by atoms with E-state index in [0.717, 1.165) is 147 Å². The molecule has 0 aromatic carbocycles. The maximum absolute atomic E-state index is 12.2. The minimum Gasteiger partial charge on any atom is -0.463 e. The zero-order valence-corrected chi connectivity index (χ0v) is 81.0. The predicted octanol–water partition coefficient (Wildman–Crippen LogP) is 11.1. The fourth-order valence-electron chi connectivity index (χ4n) is 33.4. The largest absolute Gasteiger partial charge is 0.463 e. The summed E-state index contributed by atoms with van der Waals surface area (Å²) in [5.41, 5.74) is -10.6. The quantitative estimate of drug-likeness (QED) is 0.0173. The molecule has 135 heavy (non-hydrogen) atoms. The zero-order valence-electron chi connectivity index (χ0n) is 81.0. The summed E-state index contributed by atoms with van der Waals surface area (Å²) in [6, 6.07) is 0. The molecule has 0 spiro atoms. The van der Waals surface area contributed by atoms with E-state index in [4.69, 9.17) is 52.1 Å². The van der Waals surface area contributed by atoms with Gasteiger partial charge in [-0.1, -0.05) is 94.9 Å². The van der Waals surface area contributed by atoms with Gasteiger partial charge in [0.1, 0.15) is 33.6 Å². The molecule has 24 fully saturated rings. The molecule has 24 bridgehead atoms. The summed E-state index contributed by atoms with van der Waals surface area (Å²) in [4.78, 5) is 140. The lowest BCUT2D eigenvalue weighted by atomic mass is 9.42. The first kappa shape index (κ1) is 104. The number of carbonyl (C=O) groups is 12. The Labute approximate surface area is 790 Å². The summed E-state index contributed by atoms with van der Waals surface area (Å²) in [5.74, 6) is -5.09. The highest BCUT2D eigenvalue weighted by molar-refractivity contribution is 5.90. The van der Waals surface area contributed by atoms with E-state index >= 15 is 0 Å². The second kappa shape index (κ2) is 36.4. The molecule has 0 aromatic heterocycles. The van der Waals surface area contributed by atoms with Crippen LogP contribution in [0.1, 0.15) is 307 Å². The highest BCUT2D eigenvalue weighted by atomic mass is 16.6. The molecule has 0 radical (unpaired) electrons. The van der Waals surface area contributed by atoms with Gasteiger partial charge in [-0.3, -0.25) is 4.79 Å². The monoisotopic (exact) mass is 1890 g/mol. The number of aliphatic hydroxyl groups is 8. The Morgan fingerprint density at radius 3 is 0.756 bits per heavy atom. The fraction of sp³-hybridized carbons (Fsp3) is 0.767. The van der Waals surface area contributed by atoms with E-state index in [1.54, 1.807) is 0 Å². The van der Waals surface area contributed by atoms with Gasteiger partial charge in [0.2, 0.25) is 0 Å². The summed E-state index contributed by atoms with van der Waals surface area (Å²) >= 11 is 0. The smallest absolute Gasteiger partial charge is 0.344 e. The van der Waals surface area contributed by atoms with Crippen molar-refractivity contribution in [3.63, 3.8) is 0 Å². The Morgan fingerprint density at radius 1 is 0.289 bits per heavy atom. The van der Waals surface area contributed by atoms with Gasteiger partial charge in [-0.25, -0.2) is 52.7 Å². The Hall–Kier alpha value is -8.24. The van der Waals surface area contributed by atoms with E-state index in [-0.39, 0.29) is 80.0 Å². The third-order valence-electron chi connectivity index (χ3n) is 33.0. The van der Waals surface area contributed by atoms with E-state index in [0.29, 0.717) is 120 Å². The van der Waals surface area contributed by atoms with Crippen molar-refractivity contribution in [2.24, 2.45) is 68.0 Å². The van der Waals surface area contributed by atoms with Crippen LogP contribution in [0, 0.1) is 68.0 Å². The van der Waals surface area contributed by atoms with Crippen LogP contribution in [0.15, 0.2) is 74.4 Å². The maximum atomic E-state index is 12.2. The lowest BCUT2D eigenvalue weighted by Crippen LogP contribution is -2.69. The van der Waals surface area contributed by atoms with Crippen molar-refractivity contribution in [1.29, 1.82) is 0 Å². The molecule has 0 amide bonds. The molecular formula is C103H146O32. The maximum Gasteiger partial charge on any atom is 0.344 e. The van der Waals surface area contributed by atoms with Crippen LogP contribution in [0.2, 0.25) is 0 Å². The minimum atomic E-state index is -0.993. The molecule has 32 nitrogen and oxygen atoms in total. The van der Waals surface area contributed by atoms with E-state index < -0.39 is 177 Å². The number of hydrogen-bond acceptors (Lipinski definition) is 32. The lowest BCUT2D eigenvalue weighted by Gasteiger charge is -2.67. The van der Waals surface area contributed by atoms with Crippen LogP contribution < -0.4 is 0 Å². The van der Waals surface area contributed by atoms with Crippen molar-refractivity contribution in [3.05, 3.63) is 74.4 Å². The third-order valence-corrected chi connectivity index (χ3v) is 33.0. The average Bonchev–Trinajstić information content (AvgIpc) is 0.737. The summed E-state index contributed by atoms with van der Waals surface area (Å²) in [7, 11) is 0. The number of carbonyl (C=O) groups excluding carboxylic acids is 12. The van der Waals surface area contributed by atoms with Gasteiger partial charge >= 0.3 is 71.6 Å². The van der Waals surface area contributed by atoms with Gasteiger partial charge in [-0.2, -0.15) is 0 Å². The Bertz CT molecular complexity index is 4330. The molecule has 8 N–H and O–H groups in total. The van der Waals surface area contributed by atoms with Gasteiger partial charge in [0.05, 0.1) is 51.4 Å². The van der Waals surface area contributed by atoms with E-state index in [9.17, 15) is 98.4 Å². The normalized spacial score (nSPS) is 43.6. The lowest BCUT2D eigenvalue weighted by molar-refractivity contribution is -0.284. The average molecular weight is 1900 g/mol. The van der Waals surface area contributed by atoms with Gasteiger partial charge in [-0.15, -0.1) is 0 Å². The first-order valence-corrected chi connectivity index (χ1v) is 48.2. The minimum absolute atomic E-state index is 0.00686. The first-order chi connectivity index (χ1) is 62.2.